The Labute approximate surface area is 154 Å². The third-order valence-corrected chi connectivity index (χ3v) is 4.61. The minimum absolute atomic E-state index is 0.0479. The zero-order valence-corrected chi connectivity index (χ0v) is 15.2. The number of nitrogens with one attached hydrogen (secondary N) is 1. The van der Waals surface area contributed by atoms with Crippen LogP contribution in [0.4, 0.5) is 0 Å². The zero-order chi connectivity index (χ0) is 18.4. The number of hydrogen-bond donors (Lipinski definition) is 1. The van der Waals surface area contributed by atoms with Crippen molar-refractivity contribution >= 4 is 11.8 Å². The predicted molar refractivity (Wildman–Crippen MR) is 101 cm³/mol. The van der Waals surface area contributed by atoms with E-state index in [0.29, 0.717) is 25.2 Å². The van der Waals surface area contributed by atoms with Crippen molar-refractivity contribution in [2.75, 3.05) is 39.3 Å². The fourth-order valence-electron chi connectivity index (χ4n) is 3.28. The Morgan fingerprint density at radius 1 is 1.04 bits per heavy atom. The Morgan fingerprint density at radius 2 is 1.85 bits per heavy atom. The number of carbonyl (C=O) groups is 2. The van der Waals surface area contributed by atoms with Crippen LogP contribution < -0.4 is 5.32 Å². The van der Waals surface area contributed by atoms with Crippen LogP contribution in [-0.2, 0) is 4.79 Å². The average Bonchev–Trinajstić information content (AvgIpc) is 3.09. The van der Waals surface area contributed by atoms with E-state index in [2.05, 4.69) is 10.2 Å². The van der Waals surface area contributed by atoms with Crippen LogP contribution >= 0.6 is 0 Å². The molecule has 1 saturated heterocycles. The maximum Gasteiger partial charge on any atom is 0.253 e. The van der Waals surface area contributed by atoms with Crippen LogP contribution in [-0.4, -0.2) is 65.4 Å². The van der Waals surface area contributed by atoms with E-state index >= 15 is 0 Å². The normalized spacial score (nSPS) is 15.5. The van der Waals surface area contributed by atoms with Crippen molar-refractivity contribution in [1.82, 2.24) is 19.7 Å². The third-order valence-electron chi connectivity index (χ3n) is 4.61. The van der Waals surface area contributed by atoms with E-state index < -0.39 is 0 Å². The summed E-state index contributed by atoms with van der Waals surface area (Å²) in [6, 6.07) is 11.6. The zero-order valence-electron chi connectivity index (χ0n) is 15.2. The highest BCUT2D eigenvalue weighted by molar-refractivity contribution is 5.94. The van der Waals surface area contributed by atoms with E-state index in [0.717, 1.165) is 31.7 Å². The molecule has 2 heterocycles. The summed E-state index contributed by atoms with van der Waals surface area (Å²) in [5, 5.41) is 2.83. The molecule has 6 heteroatoms. The van der Waals surface area contributed by atoms with Gasteiger partial charge in [-0.15, -0.1) is 0 Å². The fourth-order valence-corrected chi connectivity index (χ4v) is 3.28. The molecular weight excluding hydrogens is 328 g/mol. The summed E-state index contributed by atoms with van der Waals surface area (Å²) in [7, 11) is 0. The lowest BCUT2D eigenvalue weighted by Gasteiger charge is -2.22. The van der Waals surface area contributed by atoms with E-state index in [-0.39, 0.29) is 11.8 Å². The first-order valence-corrected chi connectivity index (χ1v) is 9.19. The number of aromatic nitrogens is 1. The molecule has 1 aliphatic heterocycles. The number of likely N-dealkylation sites (N-methyl/N-ethyl adjacent to an activating group) is 1. The van der Waals surface area contributed by atoms with Gasteiger partial charge in [0, 0.05) is 56.4 Å². The smallest absolute Gasteiger partial charge is 0.253 e. The molecule has 2 amide bonds. The standard InChI is InChI=1S/C20H26N4O2/c1-2-21-19(25)16-22-9-6-12-24(14-13-22)20(26)17-7-5-8-18(15-17)23-10-3-4-11-23/h3-5,7-8,10-11,15H,2,6,9,12-14,16H2,1H3,(H,21,25). The molecule has 1 N–H and O–H groups in total. The van der Waals surface area contributed by atoms with Gasteiger partial charge in [-0.05, 0) is 43.7 Å². The predicted octanol–water partition coefficient (Wildman–Crippen LogP) is 1.76. The lowest BCUT2D eigenvalue weighted by molar-refractivity contribution is -0.122. The number of benzene rings is 1. The SMILES string of the molecule is CCNC(=O)CN1CCCN(C(=O)c2cccc(-n3cccc3)c2)CC1. The first-order valence-electron chi connectivity index (χ1n) is 9.19. The number of carbonyl (C=O) groups excluding carboxylic acids is 2. The third kappa shape index (κ3) is 4.52. The monoisotopic (exact) mass is 354 g/mol. The van der Waals surface area contributed by atoms with Crippen molar-refractivity contribution < 1.29 is 9.59 Å². The lowest BCUT2D eigenvalue weighted by Crippen LogP contribution is -2.40. The molecule has 0 unspecified atom stereocenters. The largest absolute Gasteiger partial charge is 0.355 e. The van der Waals surface area contributed by atoms with Crippen molar-refractivity contribution in [2.45, 2.75) is 13.3 Å². The molecule has 1 fully saturated rings. The highest BCUT2D eigenvalue weighted by Gasteiger charge is 2.21. The summed E-state index contributed by atoms with van der Waals surface area (Å²) < 4.78 is 1.99. The molecule has 3 rings (SSSR count). The summed E-state index contributed by atoms with van der Waals surface area (Å²) in [6.07, 6.45) is 4.81. The molecule has 0 spiro atoms. The Kier molecular flexibility index (Phi) is 6.07. The van der Waals surface area contributed by atoms with Crippen LogP contribution in [0.5, 0.6) is 0 Å². The van der Waals surface area contributed by atoms with E-state index in [1.54, 1.807) is 0 Å². The van der Waals surface area contributed by atoms with Gasteiger partial charge in [0.05, 0.1) is 6.54 Å². The van der Waals surface area contributed by atoms with E-state index in [4.69, 9.17) is 0 Å². The van der Waals surface area contributed by atoms with Gasteiger partial charge >= 0.3 is 0 Å². The van der Waals surface area contributed by atoms with E-state index in [1.165, 1.54) is 0 Å². The Hall–Kier alpha value is -2.60. The highest BCUT2D eigenvalue weighted by Crippen LogP contribution is 2.14. The molecule has 0 saturated carbocycles. The van der Waals surface area contributed by atoms with Crippen molar-refractivity contribution in [1.29, 1.82) is 0 Å². The minimum Gasteiger partial charge on any atom is -0.355 e. The Bertz CT molecular complexity index is 742. The van der Waals surface area contributed by atoms with Crippen molar-refractivity contribution in [3.05, 3.63) is 54.4 Å². The summed E-state index contributed by atoms with van der Waals surface area (Å²) in [5.74, 6) is 0.102. The first kappa shape index (κ1) is 18.2. The second-order valence-corrected chi connectivity index (χ2v) is 6.52. The molecular formula is C20H26N4O2. The van der Waals surface area contributed by atoms with Gasteiger partial charge < -0.3 is 14.8 Å². The lowest BCUT2D eigenvalue weighted by atomic mass is 10.1. The molecule has 2 aromatic rings. The fraction of sp³-hybridized carbons (Fsp3) is 0.400. The molecule has 1 aromatic carbocycles. The first-order chi connectivity index (χ1) is 12.7. The summed E-state index contributed by atoms with van der Waals surface area (Å²) in [6.45, 7) is 5.89. The molecule has 26 heavy (non-hydrogen) atoms. The van der Waals surface area contributed by atoms with Gasteiger partial charge in [0.25, 0.3) is 5.91 Å². The number of hydrogen-bond acceptors (Lipinski definition) is 3. The molecule has 0 bridgehead atoms. The maximum atomic E-state index is 12.9. The van der Waals surface area contributed by atoms with Gasteiger partial charge in [-0.25, -0.2) is 0 Å². The van der Waals surface area contributed by atoms with Gasteiger partial charge in [-0.3, -0.25) is 14.5 Å². The number of rotatable bonds is 5. The molecule has 0 radical (unpaired) electrons. The summed E-state index contributed by atoms with van der Waals surface area (Å²) in [4.78, 5) is 28.7. The molecule has 6 nitrogen and oxygen atoms in total. The quantitative estimate of drug-likeness (QED) is 0.890. The van der Waals surface area contributed by atoms with Gasteiger partial charge in [0.2, 0.25) is 5.91 Å². The van der Waals surface area contributed by atoms with Crippen LogP contribution in [0.3, 0.4) is 0 Å². The van der Waals surface area contributed by atoms with E-state index in [9.17, 15) is 9.59 Å². The van der Waals surface area contributed by atoms with Crippen LogP contribution in [0.1, 0.15) is 23.7 Å². The second-order valence-electron chi connectivity index (χ2n) is 6.52. The highest BCUT2D eigenvalue weighted by atomic mass is 16.2. The Morgan fingerprint density at radius 3 is 2.62 bits per heavy atom. The van der Waals surface area contributed by atoms with Crippen LogP contribution in [0.2, 0.25) is 0 Å². The van der Waals surface area contributed by atoms with Crippen LogP contribution in [0.15, 0.2) is 48.8 Å². The average molecular weight is 354 g/mol. The minimum atomic E-state index is 0.0479. The molecule has 0 aliphatic carbocycles. The van der Waals surface area contributed by atoms with Gasteiger partial charge in [-0.2, -0.15) is 0 Å². The van der Waals surface area contributed by atoms with Crippen molar-refractivity contribution in [3.63, 3.8) is 0 Å². The molecule has 0 atom stereocenters. The van der Waals surface area contributed by atoms with Crippen LogP contribution in [0, 0.1) is 0 Å². The number of amides is 2. The summed E-state index contributed by atoms with van der Waals surface area (Å²) in [5.41, 5.74) is 1.68. The van der Waals surface area contributed by atoms with Gasteiger partial charge in [0.15, 0.2) is 0 Å². The Balaban J connectivity index is 1.63. The van der Waals surface area contributed by atoms with Crippen LogP contribution in [0.25, 0.3) is 5.69 Å². The van der Waals surface area contributed by atoms with Crippen molar-refractivity contribution in [3.8, 4) is 5.69 Å². The van der Waals surface area contributed by atoms with Gasteiger partial charge in [-0.1, -0.05) is 6.07 Å². The summed E-state index contributed by atoms with van der Waals surface area (Å²) >= 11 is 0. The number of nitrogens with zero attached hydrogens (tertiary/aromatic N) is 3. The molecule has 1 aliphatic rings. The topological polar surface area (TPSA) is 57.6 Å². The van der Waals surface area contributed by atoms with E-state index in [1.807, 2.05) is 65.2 Å². The van der Waals surface area contributed by atoms with Crippen molar-refractivity contribution in [2.24, 2.45) is 0 Å². The van der Waals surface area contributed by atoms with Gasteiger partial charge in [0.1, 0.15) is 0 Å². The second kappa shape index (κ2) is 8.67. The maximum absolute atomic E-state index is 12.9. The molecule has 138 valence electrons. The molecule has 1 aromatic heterocycles.